The molecule has 2 rings (SSSR count). The summed E-state index contributed by atoms with van der Waals surface area (Å²) in [5.74, 6) is 0. The van der Waals surface area contributed by atoms with Gasteiger partial charge in [-0.1, -0.05) is 29.3 Å². The Bertz CT molecular complexity index is 544. The molecule has 1 heterocycles. The van der Waals surface area contributed by atoms with Gasteiger partial charge in [-0.2, -0.15) is 5.26 Å². The van der Waals surface area contributed by atoms with Gasteiger partial charge in [0.2, 0.25) is 0 Å². The lowest BCUT2D eigenvalue weighted by molar-refractivity contribution is 1.37. The van der Waals surface area contributed by atoms with Crippen molar-refractivity contribution in [3.63, 3.8) is 0 Å². The van der Waals surface area contributed by atoms with Crippen molar-refractivity contribution in [3.05, 3.63) is 40.0 Å². The lowest BCUT2D eigenvalue weighted by Crippen LogP contribution is -1.85. The topological polar surface area (TPSA) is 36.7 Å². The fourth-order valence-electron chi connectivity index (χ4n) is 1.24. The van der Waals surface area contributed by atoms with Gasteiger partial charge in [-0.25, -0.2) is 0 Å². The van der Waals surface area contributed by atoms with E-state index in [0.717, 1.165) is 0 Å². The molecule has 0 aliphatic heterocycles. The number of nitrogens with zero attached hydrogens (tertiary/aromatic N) is 2. The molecule has 14 heavy (non-hydrogen) atoms. The maximum atomic E-state index is 8.75. The van der Waals surface area contributed by atoms with Gasteiger partial charge in [-0.05, 0) is 12.1 Å². The number of pyridine rings is 1. The van der Waals surface area contributed by atoms with Crippen molar-refractivity contribution in [1.29, 1.82) is 5.26 Å². The molecule has 0 atom stereocenters. The van der Waals surface area contributed by atoms with E-state index in [2.05, 4.69) is 4.98 Å². The fourth-order valence-corrected chi connectivity index (χ4v) is 1.84. The molecule has 0 amide bonds. The van der Waals surface area contributed by atoms with E-state index in [4.69, 9.17) is 28.5 Å². The number of hydrogen-bond acceptors (Lipinski definition) is 2. The third-order valence-corrected chi connectivity index (χ3v) is 2.61. The molecule has 0 N–H and O–H groups in total. The molecule has 1 aromatic carbocycles. The van der Waals surface area contributed by atoms with Gasteiger partial charge >= 0.3 is 0 Å². The highest BCUT2D eigenvalue weighted by atomic mass is 35.5. The molecule has 68 valence electrons. The first-order valence-electron chi connectivity index (χ1n) is 3.87. The van der Waals surface area contributed by atoms with Crippen LogP contribution in [0.25, 0.3) is 10.9 Å². The minimum Gasteiger partial charge on any atom is -0.255 e. The largest absolute Gasteiger partial charge is 0.255 e. The molecule has 0 saturated heterocycles. The Kier molecular flexibility index (Phi) is 2.28. The Balaban J connectivity index is 2.95. The number of fused-ring (bicyclic) bond motifs is 1. The Morgan fingerprint density at radius 3 is 2.79 bits per heavy atom. The number of nitriles is 1. The maximum absolute atomic E-state index is 8.75. The second kappa shape index (κ2) is 3.45. The summed E-state index contributed by atoms with van der Waals surface area (Å²) in [6, 6.07) is 7.27. The molecule has 2 aromatic rings. The van der Waals surface area contributed by atoms with Crippen LogP contribution in [0, 0.1) is 11.3 Å². The summed E-state index contributed by atoms with van der Waals surface area (Å²) in [4.78, 5) is 4.08. The summed E-state index contributed by atoms with van der Waals surface area (Å²) in [5.41, 5.74) is 1.04. The van der Waals surface area contributed by atoms with E-state index in [1.54, 1.807) is 18.2 Å². The summed E-state index contributed by atoms with van der Waals surface area (Å²) in [5, 5.41) is 10.3. The minimum atomic E-state index is 0.340. The lowest BCUT2D eigenvalue weighted by Gasteiger charge is -2.02. The third kappa shape index (κ3) is 1.31. The first-order valence-corrected chi connectivity index (χ1v) is 4.62. The second-order valence-electron chi connectivity index (χ2n) is 2.73. The van der Waals surface area contributed by atoms with Crippen LogP contribution >= 0.6 is 23.2 Å². The summed E-state index contributed by atoms with van der Waals surface area (Å²) >= 11 is 12.0. The maximum Gasteiger partial charge on any atom is 0.102 e. The van der Waals surface area contributed by atoms with Crippen LogP contribution in [0.15, 0.2) is 24.4 Å². The van der Waals surface area contributed by atoms with Crippen molar-refractivity contribution in [2.75, 3.05) is 0 Å². The van der Waals surface area contributed by atoms with E-state index in [1.807, 2.05) is 6.07 Å². The predicted molar refractivity (Wildman–Crippen MR) is 56.5 cm³/mol. The zero-order valence-corrected chi connectivity index (χ0v) is 8.47. The van der Waals surface area contributed by atoms with Crippen LogP contribution in [-0.2, 0) is 0 Å². The van der Waals surface area contributed by atoms with Crippen LogP contribution in [0.2, 0.25) is 10.0 Å². The van der Waals surface area contributed by atoms with Crippen LogP contribution in [0.4, 0.5) is 0 Å². The minimum absolute atomic E-state index is 0.340. The summed E-state index contributed by atoms with van der Waals surface area (Å²) < 4.78 is 0. The van der Waals surface area contributed by atoms with Crippen molar-refractivity contribution in [2.45, 2.75) is 0 Å². The molecular weight excluding hydrogens is 219 g/mol. The zero-order valence-electron chi connectivity index (χ0n) is 6.96. The van der Waals surface area contributed by atoms with Crippen LogP contribution in [0.3, 0.4) is 0 Å². The van der Waals surface area contributed by atoms with E-state index in [9.17, 15) is 0 Å². The lowest BCUT2D eigenvalue weighted by atomic mass is 10.2. The summed E-state index contributed by atoms with van der Waals surface area (Å²) in [6.07, 6.45) is 1.45. The van der Waals surface area contributed by atoms with Gasteiger partial charge in [0.15, 0.2) is 0 Å². The Morgan fingerprint density at radius 1 is 1.29 bits per heavy atom. The second-order valence-corrected chi connectivity index (χ2v) is 3.52. The monoisotopic (exact) mass is 222 g/mol. The molecule has 0 unspecified atom stereocenters. The highest BCUT2D eigenvalue weighted by Crippen LogP contribution is 2.30. The molecule has 4 heteroatoms. The SMILES string of the molecule is N#Cc1cnc2cccc(Cl)c2c1Cl. The molecule has 0 aliphatic rings. The van der Waals surface area contributed by atoms with Crippen molar-refractivity contribution in [2.24, 2.45) is 0 Å². The Labute approximate surface area is 90.7 Å². The van der Waals surface area contributed by atoms with Gasteiger partial charge in [0.1, 0.15) is 6.07 Å². The number of hydrogen-bond donors (Lipinski definition) is 0. The highest BCUT2D eigenvalue weighted by Gasteiger charge is 2.08. The van der Waals surface area contributed by atoms with Gasteiger partial charge in [0.05, 0.1) is 21.1 Å². The molecule has 0 aliphatic carbocycles. The van der Waals surface area contributed by atoms with E-state index >= 15 is 0 Å². The van der Waals surface area contributed by atoms with Crippen molar-refractivity contribution >= 4 is 34.1 Å². The fraction of sp³-hybridized carbons (Fsp3) is 0. The molecule has 0 bridgehead atoms. The molecule has 0 fully saturated rings. The molecule has 0 spiro atoms. The van der Waals surface area contributed by atoms with E-state index in [1.165, 1.54) is 6.20 Å². The van der Waals surface area contributed by atoms with Crippen molar-refractivity contribution < 1.29 is 0 Å². The van der Waals surface area contributed by atoms with Gasteiger partial charge in [0.25, 0.3) is 0 Å². The van der Waals surface area contributed by atoms with Crippen LogP contribution in [0.5, 0.6) is 0 Å². The van der Waals surface area contributed by atoms with Crippen LogP contribution in [-0.4, -0.2) is 4.98 Å². The Morgan fingerprint density at radius 2 is 2.07 bits per heavy atom. The standard InChI is InChI=1S/C10H4Cl2N2/c11-7-2-1-3-8-9(7)10(12)6(4-13)5-14-8/h1-3,5H. The predicted octanol–water partition coefficient (Wildman–Crippen LogP) is 3.41. The highest BCUT2D eigenvalue weighted by molar-refractivity contribution is 6.42. The van der Waals surface area contributed by atoms with Crippen molar-refractivity contribution in [1.82, 2.24) is 4.98 Å². The molecule has 0 saturated carbocycles. The number of aromatic nitrogens is 1. The smallest absolute Gasteiger partial charge is 0.102 e. The average molecular weight is 223 g/mol. The van der Waals surface area contributed by atoms with Gasteiger partial charge < -0.3 is 0 Å². The first-order chi connectivity index (χ1) is 6.74. The molecule has 1 aromatic heterocycles. The number of rotatable bonds is 0. The van der Waals surface area contributed by atoms with Crippen molar-refractivity contribution in [3.8, 4) is 6.07 Å². The summed E-state index contributed by atoms with van der Waals surface area (Å²) in [7, 11) is 0. The van der Waals surface area contributed by atoms with E-state index in [0.29, 0.717) is 26.5 Å². The van der Waals surface area contributed by atoms with Gasteiger partial charge in [0, 0.05) is 11.6 Å². The normalized spacial score (nSPS) is 10.1. The molecule has 2 nitrogen and oxygen atoms in total. The number of benzene rings is 1. The zero-order chi connectivity index (χ0) is 10.1. The third-order valence-electron chi connectivity index (χ3n) is 1.90. The quantitative estimate of drug-likeness (QED) is 0.686. The Hall–Kier alpha value is -1.30. The summed E-state index contributed by atoms with van der Waals surface area (Å²) in [6.45, 7) is 0. The van der Waals surface area contributed by atoms with E-state index in [-0.39, 0.29) is 0 Å². The average Bonchev–Trinajstić information content (AvgIpc) is 2.18. The first kappa shape index (κ1) is 9.26. The van der Waals surface area contributed by atoms with Gasteiger partial charge in [-0.15, -0.1) is 0 Å². The van der Waals surface area contributed by atoms with Gasteiger partial charge in [-0.3, -0.25) is 4.98 Å². The molecular formula is C10H4Cl2N2. The van der Waals surface area contributed by atoms with Crippen LogP contribution < -0.4 is 0 Å². The van der Waals surface area contributed by atoms with Crippen LogP contribution in [0.1, 0.15) is 5.56 Å². The number of halogens is 2. The van der Waals surface area contributed by atoms with E-state index < -0.39 is 0 Å². The molecule has 0 radical (unpaired) electrons.